The summed E-state index contributed by atoms with van der Waals surface area (Å²) >= 11 is 0. The Bertz CT molecular complexity index is 819. The van der Waals surface area contributed by atoms with Gasteiger partial charge in [-0.2, -0.15) is 4.99 Å². The van der Waals surface area contributed by atoms with Gasteiger partial charge in [0, 0.05) is 5.56 Å². The van der Waals surface area contributed by atoms with Gasteiger partial charge in [-0.15, -0.1) is 0 Å². The lowest BCUT2D eigenvalue weighted by molar-refractivity contribution is -0.114. The molecule has 4 nitrogen and oxygen atoms in total. The summed E-state index contributed by atoms with van der Waals surface area (Å²) in [6.07, 6.45) is 3.49. The summed E-state index contributed by atoms with van der Waals surface area (Å²) in [4.78, 5) is 22.5. The Morgan fingerprint density at radius 2 is 1.71 bits per heavy atom. The van der Waals surface area contributed by atoms with Crippen LogP contribution in [-0.4, -0.2) is 23.0 Å². The first-order valence-electron chi connectivity index (χ1n) is 6.65. The fourth-order valence-corrected chi connectivity index (χ4v) is 2.46. The summed E-state index contributed by atoms with van der Waals surface area (Å²) in [5, 5.41) is 0. The molecule has 2 aliphatic rings. The summed E-state index contributed by atoms with van der Waals surface area (Å²) < 4.78 is 0. The van der Waals surface area contributed by atoms with Crippen molar-refractivity contribution in [2.45, 2.75) is 0 Å². The van der Waals surface area contributed by atoms with Crippen LogP contribution in [0.2, 0.25) is 0 Å². The van der Waals surface area contributed by atoms with E-state index in [2.05, 4.69) is 9.98 Å². The highest BCUT2D eigenvalue weighted by Crippen LogP contribution is 2.30. The maximum atomic E-state index is 12.2. The van der Waals surface area contributed by atoms with Crippen LogP contribution in [0.1, 0.15) is 11.1 Å². The maximum Gasteiger partial charge on any atom is 0.296 e. The van der Waals surface area contributed by atoms with E-state index in [1.165, 1.54) is 0 Å². The minimum absolute atomic E-state index is 0.239. The van der Waals surface area contributed by atoms with E-state index in [4.69, 9.17) is 0 Å². The van der Waals surface area contributed by atoms with E-state index in [9.17, 15) is 4.79 Å². The van der Waals surface area contributed by atoms with Gasteiger partial charge in [0.1, 0.15) is 12.0 Å². The Hall–Kier alpha value is -3.01. The number of rotatable bonds is 1. The summed E-state index contributed by atoms with van der Waals surface area (Å²) in [6, 6.07) is 17.4. The largest absolute Gasteiger partial charge is 0.296 e. The van der Waals surface area contributed by atoms with Gasteiger partial charge in [0.05, 0.1) is 5.69 Å². The van der Waals surface area contributed by atoms with E-state index in [1.54, 1.807) is 11.2 Å². The number of carbonyl (C=O) groups excluding carboxylic acids is 1. The second-order valence-electron chi connectivity index (χ2n) is 4.81. The molecule has 1 amide bonds. The average Bonchev–Trinajstić information content (AvgIpc) is 2.85. The second kappa shape index (κ2) is 4.52. The summed E-state index contributed by atoms with van der Waals surface area (Å²) in [5.74, 6) is 0.407. The quantitative estimate of drug-likeness (QED) is 0.750. The van der Waals surface area contributed by atoms with Crippen molar-refractivity contribution in [3.05, 3.63) is 71.4 Å². The van der Waals surface area contributed by atoms with Crippen molar-refractivity contribution in [1.29, 1.82) is 0 Å². The molecule has 0 spiro atoms. The molecule has 0 saturated carbocycles. The summed E-state index contributed by atoms with van der Waals surface area (Å²) in [7, 11) is 0. The van der Waals surface area contributed by atoms with Crippen LogP contribution in [0.5, 0.6) is 0 Å². The van der Waals surface area contributed by atoms with Crippen LogP contribution in [0.4, 0.5) is 5.69 Å². The van der Waals surface area contributed by atoms with Gasteiger partial charge in [-0.3, -0.25) is 9.69 Å². The van der Waals surface area contributed by atoms with Crippen LogP contribution in [0, 0.1) is 0 Å². The number of hydrogen-bond acceptors (Lipinski definition) is 3. The highest BCUT2D eigenvalue weighted by atomic mass is 16.2. The molecule has 0 fully saturated rings. The number of nitrogens with zero attached hydrogens (tertiary/aromatic N) is 3. The normalized spacial score (nSPS) is 17.7. The highest BCUT2D eigenvalue weighted by molar-refractivity contribution is 6.25. The highest BCUT2D eigenvalue weighted by Gasteiger charge is 2.32. The Kier molecular flexibility index (Phi) is 2.54. The van der Waals surface area contributed by atoms with Crippen LogP contribution in [0.3, 0.4) is 0 Å². The molecule has 0 aliphatic carbocycles. The summed E-state index contributed by atoms with van der Waals surface area (Å²) in [6.45, 7) is 0. The van der Waals surface area contributed by atoms with Crippen LogP contribution in [0.15, 0.2) is 70.3 Å². The molecule has 0 N–H and O–H groups in total. The van der Waals surface area contributed by atoms with Crippen molar-refractivity contribution >= 4 is 29.8 Å². The Balaban J connectivity index is 1.81. The number of amidine groups is 1. The Morgan fingerprint density at radius 3 is 2.57 bits per heavy atom. The number of benzene rings is 2. The van der Waals surface area contributed by atoms with Gasteiger partial charge in [0.15, 0.2) is 5.84 Å². The number of aliphatic imine (C=N–C) groups is 2. The van der Waals surface area contributed by atoms with Gasteiger partial charge < -0.3 is 0 Å². The third kappa shape index (κ3) is 1.89. The average molecular weight is 273 g/mol. The molecule has 100 valence electrons. The van der Waals surface area contributed by atoms with Crippen LogP contribution in [-0.2, 0) is 4.79 Å². The molecule has 21 heavy (non-hydrogen) atoms. The molecule has 2 heterocycles. The number of carbonyl (C=O) groups is 1. The van der Waals surface area contributed by atoms with Crippen molar-refractivity contribution in [2.75, 3.05) is 0 Å². The molecule has 2 aromatic carbocycles. The minimum Gasteiger partial charge on any atom is -0.279 e. The van der Waals surface area contributed by atoms with Gasteiger partial charge in [-0.05, 0) is 23.8 Å². The van der Waals surface area contributed by atoms with Gasteiger partial charge >= 0.3 is 0 Å². The number of fused-ring (bicyclic) bond motifs is 3. The molecule has 4 rings (SSSR count). The molecule has 4 heteroatoms. The predicted octanol–water partition coefficient (Wildman–Crippen LogP) is 2.99. The van der Waals surface area contributed by atoms with Crippen molar-refractivity contribution in [2.24, 2.45) is 9.98 Å². The van der Waals surface area contributed by atoms with Gasteiger partial charge in [0.2, 0.25) is 0 Å². The molecule has 2 aliphatic heterocycles. The fourth-order valence-electron chi connectivity index (χ4n) is 2.46. The van der Waals surface area contributed by atoms with Crippen molar-refractivity contribution in [3.63, 3.8) is 0 Å². The zero-order valence-electron chi connectivity index (χ0n) is 11.1. The van der Waals surface area contributed by atoms with E-state index >= 15 is 0 Å². The van der Waals surface area contributed by atoms with Gasteiger partial charge in [-0.25, -0.2) is 4.99 Å². The smallest absolute Gasteiger partial charge is 0.279 e. The third-order valence-corrected chi connectivity index (χ3v) is 3.47. The first kappa shape index (κ1) is 11.8. The standard InChI is InChI=1S/C17H11N3O/c21-17-15(10-12-6-2-1-3-7-12)20-11-18-14-9-5-4-8-13(14)16(20)19-17/h1-11H. The third-order valence-electron chi connectivity index (χ3n) is 3.47. The van der Waals surface area contributed by atoms with Crippen LogP contribution < -0.4 is 0 Å². The van der Waals surface area contributed by atoms with E-state index in [0.29, 0.717) is 11.5 Å². The zero-order valence-corrected chi connectivity index (χ0v) is 11.1. The number of hydrogen-bond donors (Lipinski definition) is 0. The van der Waals surface area contributed by atoms with Gasteiger partial charge in [0.25, 0.3) is 5.91 Å². The molecular formula is C17H11N3O. The Labute approximate surface area is 121 Å². The van der Waals surface area contributed by atoms with Crippen molar-refractivity contribution in [1.82, 2.24) is 4.90 Å². The van der Waals surface area contributed by atoms with E-state index in [0.717, 1.165) is 16.8 Å². The molecule has 0 unspecified atom stereocenters. The topological polar surface area (TPSA) is 45.0 Å². The first-order chi connectivity index (χ1) is 10.3. The molecule has 0 bridgehead atoms. The second-order valence-corrected chi connectivity index (χ2v) is 4.81. The van der Waals surface area contributed by atoms with Crippen LogP contribution >= 0.6 is 0 Å². The fraction of sp³-hybridized carbons (Fsp3) is 0. The molecular weight excluding hydrogens is 262 g/mol. The lowest BCUT2D eigenvalue weighted by Crippen LogP contribution is -2.28. The minimum atomic E-state index is -0.239. The maximum absolute atomic E-state index is 12.2. The van der Waals surface area contributed by atoms with Gasteiger partial charge in [-0.1, -0.05) is 42.5 Å². The molecule has 0 aromatic heterocycles. The number of amides is 1. The Morgan fingerprint density at radius 1 is 0.952 bits per heavy atom. The lowest BCUT2D eigenvalue weighted by Gasteiger charge is -2.20. The van der Waals surface area contributed by atoms with E-state index in [1.807, 2.05) is 60.7 Å². The van der Waals surface area contributed by atoms with E-state index < -0.39 is 0 Å². The predicted molar refractivity (Wildman–Crippen MR) is 82.4 cm³/mol. The number of para-hydroxylation sites is 1. The van der Waals surface area contributed by atoms with Crippen molar-refractivity contribution < 1.29 is 4.79 Å². The van der Waals surface area contributed by atoms with E-state index in [-0.39, 0.29) is 5.91 Å². The first-order valence-corrected chi connectivity index (χ1v) is 6.65. The molecule has 0 radical (unpaired) electrons. The molecule has 0 atom stereocenters. The van der Waals surface area contributed by atoms with Crippen molar-refractivity contribution in [3.8, 4) is 0 Å². The molecule has 0 saturated heterocycles. The lowest BCUT2D eigenvalue weighted by atomic mass is 10.1. The molecule has 2 aromatic rings. The SMILES string of the molecule is O=C1N=C2c3ccccc3N=CN2C1=Cc1ccccc1. The zero-order chi connectivity index (χ0) is 14.2. The summed E-state index contributed by atoms with van der Waals surface area (Å²) in [5.41, 5.74) is 3.20. The monoisotopic (exact) mass is 273 g/mol. The van der Waals surface area contributed by atoms with Crippen LogP contribution in [0.25, 0.3) is 6.08 Å².